The summed E-state index contributed by atoms with van der Waals surface area (Å²) in [6.45, 7) is 12.0. The van der Waals surface area contributed by atoms with Gasteiger partial charge in [0.2, 0.25) is 0 Å². The molecule has 1 aromatic carbocycles. The van der Waals surface area contributed by atoms with Gasteiger partial charge >= 0.3 is 0 Å². The minimum Gasteiger partial charge on any atom is -0.616 e. The first-order chi connectivity index (χ1) is 7.55. The van der Waals surface area contributed by atoms with E-state index in [9.17, 15) is 4.55 Å². The smallest absolute Gasteiger partial charge is 0.117 e. The molecule has 0 spiro atoms. The summed E-state index contributed by atoms with van der Waals surface area (Å²) in [5.41, 5.74) is 6.18. The maximum atomic E-state index is 11.6. The van der Waals surface area contributed by atoms with Crippen LogP contribution in [0.5, 0.6) is 0 Å². The van der Waals surface area contributed by atoms with Crippen molar-refractivity contribution in [1.29, 1.82) is 0 Å². The van der Waals surface area contributed by atoms with E-state index in [4.69, 9.17) is 5.73 Å². The van der Waals surface area contributed by atoms with Crippen LogP contribution >= 0.6 is 0 Å². The first-order valence-electron chi connectivity index (χ1n) is 5.77. The van der Waals surface area contributed by atoms with Crippen LogP contribution in [-0.2, 0) is 11.2 Å². The number of rotatable bonds is 0. The largest absolute Gasteiger partial charge is 0.616 e. The van der Waals surface area contributed by atoms with Crippen molar-refractivity contribution in [2.45, 2.75) is 51.0 Å². The topological polar surface area (TPSA) is 49.1 Å². The molecule has 1 aromatic rings. The Bertz CT molecular complexity index is 297. The number of benzene rings is 1. The number of anilines is 1. The van der Waals surface area contributed by atoms with Crippen LogP contribution in [0.1, 0.15) is 41.5 Å². The second-order valence-electron chi connectivity index (χ2n) is 5.90. The lowest BCUT2D eigenvalue weighted by Gasteiger charge is -2.34. The van der Waals surface area contributed by atoms with Crippen LogP contribution < -0.4 is 5.73 Å². The summed E-state index contributed by atoms with van der Waals surface area (Å²) in [5.74, 6) is 0. The highest BCUT2D eigenvalue weighted by molar-refractivity contribution is 7.94. The quantitative estimate of drug-likeness (QED) is 0.569. The van der Waals surface area contributed by atoms with Crippen molar-refractivity contribution in [3.05, 3.63) is 30.3 Å². The lowest BCUT2D eigenvalue weighted by molar-refractivity contribution is 0.524. The van der Waals surface area contributed by atoms with Crippen molar-refractivity contribution < 1.29 is 4.55 Å². The fourth-order valence-electron chi connectivity index (χ4n) is 1.37. The van der Waals surface area contributed by atoms with E-state index in [2.05, 4.69) is 0 Å². The highest BCUT2D eigenvalue weighted by atomic mass is 32.2. The molecule has 0 radical (unpaired) electrons. The van der Waals surface area contributed by atoms with Crippen molar-refractivity contribution in [2.75, 3.05) is 5.73 Å². The van der Waals surface area contributed by atoms with E-state index >= 15 is 0 Å². The van der Waals surface area contributed by atoms with Gasteiger partial charge in [-0.3, -0.25) is 0 Å². The van der Waals surface area contributed by atoms with Crippen LogP contribution in [0.25, 0.3) is 0 Å². The SMILES string of the molecule is CC(C)(C)[S+]([O-])C(C)(C)C.Nc1ccccc1. The van der Waals surface area contributed by atoms with Crippen molar-refractivity contribution in [1.82, 2.24) is 0 Å². The first kappa shape index (κ1) is 16.3. The van der Waals surface area contributed by atoms with E-state index in [-0.39, 0.29) is 9.49 Å². The molecule has 0 saturated heterocycles. The Morgan fingerprint density at radius 1 is 0.882 bits per heavy atom. The summed E-state index contributed by atoms with van der Waals surface area (Å²) in [4.78, 5) is 0. The van der Waals surface area contributed by atoms with Gasteiger partial charge in [-0.1, -0.05) is 18.2 Å². The molecule has 0 atom stereocenters. The van der Waals surface area contributed by atoms with Gasteiger partial charge in [0.25, 0.3) is 0 Å². The van der Waals surface area contributed by atoms with Crippen LogP contribution in [0.2, 0.25) is 0 Å². The molecule has 2 N–H and O–H groups in total. The molecule has 0 saturated carbocycles. The fourth-order valence-corrected chi connectivity index (χ4v) is 3.21. The van der Waals surface area contributed by atoms with Crippen LogP contribution in [0.15, 0.2) is 30.3 Å². The van der Waals surface area contributed by atoms with E-state index in [1.54, 1.807) is 0 Å². The third kappa shape index (κ3) is 7.29. The van der Waals surface area contributed by atoms with Crippen LogP contribution in [0.3, 0.4) is 0 Å². The van der Waals surface area contributed by atoms with Crippen LogP contribution in [0.4, 0.5) is 5.69 Å². The van der Waals surface area contributed by atoms with Gasteiger partial charge < -0.3 is 10.3 Å². The molecule has 2 nitrogen and oxygen atoms in total. The number of hydrogen-bond donors (Lipinski definition) is 1. The molecule has 0 aliphatic rings. The first-order valence-corrected chi connectivity index (χ1v) is 6.92. The van der Waals surface area contributed by atoms with Crippen molar-refractivity contribution in [2.24, 2.45) is 0 Å². The summed E-state index contributed by atoms with van der Waals surface area (Å²) in [7, 11) is 0. The Morgan fingerprint density at radius 3 is 1.35 bits per heavy atom. The van der Waals surface area contributed by atoms with E-state index in [0.717, 1.165) is 5.69 Å². The predicted molar refractivity (Wildman–Crippen MR) is 78.5 cm³/mol. The number of hydrogen-bond acceptors (Lipinski definition) is 2. The third-order valence-electron chi connectivity index (χ3n) is 1.91. The van der Waals surface area contributed by atoms with Gasteiger partial charge in [0.05, 0.1) is 0 Å². The highest BCUT2D eigenvalue weighted by Gasteiger charge is 2.36. The maximum absolute atomic E-state index is 11.6. The monoisotopic (exact) mass is 255 g/mol. The van der Waals surface area contributed by atoms with Crippen molar-refractivity contribution in [3.63, 3.8) is 0 Å². The van der Waals surface area contributed by atoms with Crippen molar-refractivity contribution >= 4 is 16.9 Å². The predicted octanol–water partition coefficient (Wildman–Crippen LogP) is 3.60. The Balaban J connectivity index is 0.000000318. The molecule has 3 heteroatoms. The highest BCUT2D eigenvalue weighted by Crippen LogP contribution is 2.27. The van der Waals surface area contributed by atoms with Crippen LogP contribution in [-0.4, -0.2) is 14.0 Å². The zero-order valence-electron chi connectivity index (χ0n) is 11.8. The third-order valence-corrected chi connectivity index (χ3v) is 4.14. The maximum Gasteiger partial charge on any atom is 0.117 e. The zero-order valence-corrected chi connectivity index (χ0v) is 12.6. The van der Waals surface area contributed by atoms with E-state index in [1.807, 2.05) is 71.9 Å². The van der Waals surface area contributed by atoms with E-state index in [0.29, 0.717) is 0 Å². The van der Waals surface area contributed by atoms with Gasteiger partial charge in [0.1, 0.15) is 9.49 Å². The van der Waals surface area contributed by atoms with Crippen molar-refractivity contribution in [3.8, 4) is 0 Å². The molecule has 0 unspecified atom stereocenters. The summed E-state index contributed by atoms with van der Waals surface area (Å²) >= 11 is -0.755. The molecule has 0 amide bonds. The molecule has 0 aromatic heterocycles. The molecule has 0 heterocycles. The summed E-state index contributed by atoms with van der Waals surface area (Å²) in [6, 6.07) is 9.49. The Morgan fingerprint density at radius 2 is 1.24 bits per heavy atom. The minimum absolute atomic E-state index is 0.0851. The Labute approximate surface area is 109 Å². The van der Waals surface area contributed by atoms with Gasteiger partial charge in [-0.2, -0.15) is 0 Å². The normalized spacial score (nSPS) is 12.0. The Kier molecular flexibility index (Phi) is 6.06. The van der Waals surface area contributed by atoms with Gasteiger partial charge in [-0.05, 0) is 64.9 Å². The summed E-state index contributed by atoms with van der Waals surface area (Å²) in [5, 5.41) is 0. The van der Waals surface area contributed by atoms with Crippen LogP contribution in [0, 0.1) is 0 Å². The summed E-state index contributed by atoms with van der Waals surface area (Å²) < 4.78 is 11.4. The second kappa shape index (κ2) is 6.31. The standard InChI is InChI=1S/C8H18OS.C6H7N/c1-7(2,3)10(9)8(4,5)6;7-6-4-2-1-3-5-6/h1-6H3;1-5H,7H2. The fraction of sp³-hybridized carbons (Fsp3) is 0.571. The molecule has 98 valence electrons. The van der Waals surface area contributed by atoms with E-state index in [1.165, 1.54) is 0 Å². The number of nitrogens with two attached hydrogens (primary N) is 1. The van der Waals surface area contributed by atoms with Gasteiger partial charge in [-0.15, -0.1) is 0 Å². The summed E-state index contributed by atoms with van der Waals surface area (Å²) in [6.07, 6.45) is 0. The average Bonchev–Trinajstić information content (AvgIpc) is 2.16. The molecule has 0 aliphatic heterocycles. The van der Waals surface area contributed by atoms with Gasteiger partial charge in [-0.25, -0.2) is 0 Å². The number of nitrogen functional groups attached to an aromatic ring is 1. The molecule has 0 bridgehead atoms. The number of para-hydroxylation sites is 1. The lowest BCUT2D eigenvalue weighted by Crippen LogP contribution is -2.41. The molecular weight excluding hydrogens is 230 g/mol. The molecular formula is C14H25NOS. The zero-order chi connectivity index (χ0) is 13.7. The molecule has 0 aliphatic carbocycles. The lowest BCUT2D eigenvalue weighted by atomic mass is 10.2. The van der Waals surface area contributed by atoms with Gasteiger partial charge in [0, 0.05) is 5.69 Å². The second-order valence-corrected chi connectivity index (χ2v) is 8.89. The molecule has 0 fully saturated rings. The van der Waals surface area contributed by atoms with E-state index < -0.39 is 11.2 Å². The molecule has 1 rings (SSSR count). The van der Waals surface area contributed by atoms with Gasteiger partial charge in [0.15, 0.2) is 0 Å². The minimum atomic E-state index is -0.755. The average molecular weight is 255 g/mol. The Hall–Kier alpha value is -0.670. The molecule has 17 heavy (non-hydrogen) atoms.